The van der Waals surface area contributed by atoms with Crippen LogP contribution in [0.25, 0.3) is 6.08 Å². The summed E-state index contributed by atoms with van der Waals surface area (Å²) >= 11 is 0. The molecular formula is C19H26O2. The third-order valence-corrected chi connectivity index (χ3v) is 4.77. The first-order chi connectivity index (χ1) is 10.1. The number of para-hydroxylation sites is 1. The van der Waals surface area contributed by atoms with Crippen LogP contribution in [-0.4, -0.2) is 17.3 Å². The third-order valence-electron chi connectivity index (χ3n) is 4.77. The number of fused-ring (bicyclic) bond motifs is 1. The van der Waals surface area contributed by atoms with Crippen molar-refractivity contribution in [2.45, 2.75) is 58.0 Å². The summed E-state index contributed by atoms with van der Waals surface area (Å²) in [5.41, 5.74) is 3.48. The maximum absolute atomic E-state index is 9.78. The number of benzene rings is 1. The van der Waals surface area contributed by atoms with Crippen LogP contribution in [0.1, 0.15) is 57.1 Å². The quantitative estimate of drug-likeness (QED) is 0.894. The summed E-state index contributed by atoms with van der Waals surface area (Å²) in [5, 5.41) is 9.78. The van der Waals surface area contributed by atoms with Gasteiger partial charge < -0.3 is 9.84 Å². The highest BCUT2D eigenvalue weighted by molar-refractivity contribution is 5.64. The molecule has 0 amide bonds. The van der Waals surface area contributed by atoms with Crippen molar-refractivity contribution in [3.63, 3.8) is 0 Å². The fraction of sp³-hybridized carbons (Fsp3) is 0.579. The minimum Gasteiger partial charge on any atom is -0.487 e. The van der Waals surface area contributed by atoms with Crippen molar-refractivity contribution in [2.24, 2.45) is 5.92 Å². The molecule has 0 radical (unpaired) electrons. The lowest BCUT2D eigenvalue weighted by molar-refractivity contribution is 0.138. The highest BCUT2D eigenvalue weighted by atomic mass is 16.5. The summed E-state index contributed by atoms with van der Waals surface area (Å²) in [5.74, 6) is 1.57. The van der Waals surface area contributed by atoms with Crippen molar-refractivity contribution >= 4 is 6.08 Å². The maximum atomic E-state index is 9.78. The van der Waals surface area contributed by atoms with Crippen LogP contribution in [0.3, 0.4) is 0 Å². The summed E-state index contributed by atoms with van der Waals surface area (Å²) in [6, 6.07) is 6.37. The number of rotatable bonds is 3. The van der Waals surface area contributed by atoms with Crippen LogP contribution < -0.4 is 4.74 Å². The van der Waals surface area contributed by atoms with Crippen LogP contribution in [0.5, 0.6) is 5.75 Å². The monoisotopic (exact) mass is 286 g/mol. The van der Waals surface area contributed by atoms with E-state index >= 15 is 0 Å². The van der Waals surface area contributed by atoms with E-state index < -0.39 is 0 Å². The van der Waals surface area contributed by atoms with Gasteiger partial charge in [0.2, 0.25) is 0 Å². The van der Waals surface area contributed by atoms with E-state index in [0.29, 0.717) is 5.92 Å². The lowest BCUT2D eigenvalue weighted by Gasteiger charge is -2.24. The number of aliphatic hydroxyl groups excluding tert-OH is 1. The van der Waals surface area contributed by atoms with Gasteiger partial charge in [0.05, 0.1) is 6.61 Å². The molecule has 1 aromatic carbocycles. The molecule has 0 bridgehead atoms. The van der Waals surface area contributed by atoms with E-state index in [1.54, 1.807) is 0 Å². The minimum absolute atomic E-state index is 0.115. The number of aliphatic hydroxyl groups is 1. The van der Waals surface area contributed by atoms with Crippen molar-refractivity contribution in [3.05, 3.63) is 34.9 Å². The molecule has 3 rings (SSSR count). The lowest BCUT2D eigenvalue weighted by Crippen LogP contribution is -2.24. The lowest BCUT2D eigenvalue weighted by atomic mass is 9.83. The van der Waals surface area contributed by atoms with E-state index in [9.17, 15) is 5.11 Å². The Morgan fingerprint density at radius 3 is 2.76 bits per heavy atom. The molecule has 0 atom stereocenters. The molecule has 114 valence electrons. The number of ether oxygens (including phenoxy) is 1. The molecule has 2 nitrogen and oxygen atoms in total. The van der Waals surface area contributed by atoms with E-state index in [2.05, 4.69) is 38.1 Å². The van der Waals surface area contributed by atoms with E-state index in [0.717, 1.165) is 17.7 Å². The SMILES string of the molecule is CC1(C)Cc2cccc(/C=C(/CO)C3CCCCC3)c2O1. The van der Waals surface area contributed by atoms with Gasteiger partial charge in [-0.1, -0.05) is 37.5 Å². The third kappa shape index (κ3) is 3.16. The Labute approximate surface area is 127 Å². The Bertz CT molecular complexity index is 536. The number of hydrogen-bond donors (Lipinski definition) is 1. The van der Waals surface area contributed by atoms with Gasteiger partial charge in [-0.25, -0.2) is 0 Å². The van der Waals surface area contributed by atoms with Gasteiger partial charge in [0, 0.05) is 12.0 Å². The molecule has 1 fully saturated rings. The van der Waals surface area contributed by atoms with Gasteiger partial charge in [0.25, 0.3) is 0 Å². The van der Waals surface area contributed by atoms with Crippen LogP contribution in [-0.2, 0) is 6.42 Å². The Morgan fingerprint density at radius 2 is 2.05 bits per heavy atom. The fourth-order valence-electron chi connectivity index (χ4n) is 3.72. The van der Waals surface area contributed by atoms with Gasteiger partial charge in [0.1, 0.15) is 11.4 Å². The largest absolute Gasteiger partial charge is 0.487 e. The zero-order chi connectivity index (χ0) is 14.9. The topological polar surface area (TPSA) is 29.5 Å². The Balaban J connectivity index is 1.90. The Hall–Kier alpha value is -1.28. The zero-order valence-corrected chi connectivity index (χ0v) is 13.2. The van der Waals surface area contributed by atoms with Crippen LogP contribution in [0.15, 0.2) is 23.8 Å². The standard InChI is InChI=1S/C19H26O2/c1-19(2)12-16-10-6-9-15(18(16)21-19)11-17(13-20)14-7-4-3-5-8-14/h6,9-11,14,20H,3-5,7-8,12-13H2,1-2H3/b17-11-. The summed E-state index contributed by atoms with van der Waals surface area (Å²) < 4.78 is 6.13. The molecule has 0 spiro atoms. The highest BCUT2D eigenvalue weighted by Crippen LogP contribution is 2.39. The molecule has 2 heteroatoms. The van der Waals surface area contributed by atoms with Crippen LogP contribution in [0.2, 0.25) is 0 Å². The fourth-order valence-corrected chi connectivity index (χ4v) is 3.72. The molecule has 1 aliphatic carbocycles. The first kappa shape index (κ1) is 14.6. The second-order valence-corrected chi connectivity index (χ2v) is 7.09. The molecule has 1 aromatic rings. The molecule has 0 aromatic heterocycles. The van der Waals surface area contributed by atoms with Gasteiger partial charge in [-0.3, -0.25) is 0 Å². The predicted molar refractivity (Wildman–Crippen MR) is 86.5 cm³/mol. The zero-order valence-electron chi connectivity index (χ0n) is 13.2. The van der Waals surface area contributed by atoms with E-state index in [1.165, 1.54) is 43.2 Å². The molecule has 1 aliphatic heterocycles. The maximum Gasteiger partial charge on any atom is 0.130 e. The van der Waals surface area contributed by atoms with Gasteiger partial charge in [-0.2, -0.15) is 0 Å². The first-order valence-electron chi connectivity index (χ1n) is 8.21. The van der Waals surface area contributed by atoms with Crippen LogP contribution >= 0.6 is 0 Å². The molecule has 0 unspecified atom stereocenters. The smallest absolute Gasteiger partial charge is 0.130 e. The average Bonchev–Trinajstić information content (AvgIpc) is 2.80. The van der Waals surface area contributed by atoms with Crippen LogP contribution in [0, 0.1) is 5.92 Å². The summed E-state index contributed by atoms with van der Waals surface area (Å²) in [7, 11) is 0. The van der Waals surface area contributed by atoms with E-state index in [1.807, 2.05) is 0 Å². The van der Waals surface area contributed by atoms with Crippen molar-refractivity contribution in [2.75, 3.05) is 6.61 Å². The van der Waals surface area contributed by atoms with Gasteiger partial charge >= 0.3 is 0 Å². The van der Waals surface area contributed by atoms with Crippen molar-refractivity contribution in [1.29, 1.82) is 0 Å². The van der Waals surface area contributed by atoms with E-state index in [4.69, 9.17) is 4.74 Å². The molecule has 0 saturated heterocycles. The summed E-state index contributed by atoms with van der Waals surface area (Å²) in [4.78, 5) is 0. The molecule has 1 saturated carbocycles. The Kier molecular flexibility index (Phi) is 4.08. The minimum atomic E-state index is -0.115. The van der Waals surface area contributed by atoms with Gasteiger partial charge in [-0.15, -0.1) is 0 Å². The van der Waals surface area contributed by atoms with Crippen molar-refractivity contribution < 1.29 is 9.84 Å². The Morgan fingerprint density at radius 1 is 1.29 bits per heavy atom. The van der Waals surface area contributed by atoms with Crippen LogP contribution in [0.4, 0.5) is 0 Å². The van der Waals surface area contributed by atoms with Crippen molar-refractivity contribution in [3.8, 4) is 5.75 Å². The summed E-state index contributed by atoms with van der Waals surface area (Å²) in [6.07, 6.45) is 9.49. The average molecular weight is 286 g/mol. The molecule has 1 N–H and O–H groups in total. The first-order valence-corrected chi connectivity index (χ1v) is 8.21. The highest BCUT2D eigenvalue weighted by Gasteiger charge is 2.31. The molecule has 2 aliphatic rings. The molecular weight excluding hydrogens is 260 g/mol. The van der Waals surface area contributed by atoms with Gasteiger partial charge in [0.15, 0.2) is 0 Å². The van der Waals surface area contributed by atoms with E-state index in [-0.39, 0.29) is 12.2 Å². The van der Waals surface area contributed by atoms with Gasteiger partial charge in [-0.05, 0) is 49.8 Å². The second-order valence-electron chi connectivity index (χ2n) is 7.09. The normalized spacial score (nSPS) is 22.0. The molecule has 1 heterocycles. The molecule has 21 heavy (non-hydrogen) atoms. The predicted octanol–water partition coefficient (Wildman–Crippen LogP) is 4.36. The second kappa shape index (κ2) is 5.84. The summed E-state index contributed by atoms with van der Waals surface area (Å²) in [6.45, 7) is 4.43. The number of hydrogen-bond acceptors (Lipinski definition) is 2. The van der Waals surface area contributed by atoms with Crippen molar-refractivity contribution in [1.82, 2.24) is 0 Å².